The van der Waals surface area contributed by atoms with Crippen molar-refractivity contribution in [2.75, 3.05) is 0 Å². The fraction of sp³-hybridized carbons (Fsp3) is 0.429. The minimum Gasteiger partial charge on any atom is -0.331 e. The quantitative estimate of drug-likeness (QED) is 0.805. The summed E-state index contributed by atoms with van der Waals surface area (Å²) in [6.45, 7) is 0. The van der Waals surface area contributed by atoms with E-state index >= 15 is 0 Å². The van der Waals surface area contributed by atoms with Crippen molar-refractivity contribution in [3.8, 4) is 0 Å². The Morgan fingerprint density at radius 2 is 2.18 bits per heavy atom. The van der Waals surface area contributed by atoms with Crippen molar-refractivity contribution in [2.45, 2.75) is 25.7 Å². The van der Waals surface area contributed by atoms with Crippen molar-refractivity contribution < 1.29 is 4.79 Å². The summed E-state index contributed by atoms with van der Waals surface area (Å²) < 4.78 is 2.03. The minimum atomic E-state index is 0.325. The van der Waals surface area contributed by atoms with Crippen molar-refractivity contribution in [1.82, 2.24) is 9.55 Å². The number of carbonyl (C=O) groups excluding carboxylic acids is 1. The molecule has 1 aromatic heterocycles. The average Bonchev–Trinajstić information content (AvgIpc) is 3.06. The molecular weight excluding hydrogens is 212 g/mol. The van der Waals surface area contributed by atoms with Crippen LogP contribution in [0.1, 0.15) is 25.1 Å². The van der Waals surface area contributed by atoms with Crippen LogP contribution in [0.5, 0.6) is 0 Å². The van der Waals surface area contributed by atoms with E-state index in [0.29, 0.717) is 18.1 Å². The van der Waals surface area contributed by atoms with Gasteiger partial charge in [0.15, 0.2) is 0 Å². The molecule has 17 heavy (non-hydrogen) atoms. The molecule has 0 unspecified atom stereocenters. The molecule has 0 atom stereocenters. The number of aromatic nitrogens is 2. The Kier molecular flexibility index (Phi) is 2.46. The molecule has 88 valence electrons. The van der Waals surface area contributed by atoms with Gasteiger partial charge >= 0.3 is 0 Å². The van der Waals surface area contributed by atoms with Gasteiger partial charge in [-0.2, -0.15) is 0 Å². The summed E-state index contributed by atoms with van der Waals surface area (Å²) in [4.78, 5) is 16.4. The third-order valence-corrected chi connectivity index (χ3v) is 3.45. The molecule has 0 bridgehead atoms. The normalized spacial score (nSPS) is 15.4. The van der Waals surface area contributed by atoms with Gasteiger partial charge in [-0.25, -0.2) is 4.98 Å². The topological polar surface area (TPSA) is 34.9 Å². The second-order valence-electron chi connectivity index (χ2n) is 4.94. The molecule has 1 aromatic carbocycles. The maximum Gasteiger partial charge on any atom is 0.140 e. The zero-order valence-corrected chi connectivity index (χ0v) is 10.0. The Balaban J connectivity index is 1.84. The third-order valence-electron chi connectivity index (χ3n) is 3.45. The van der Waals surface area contributed by atoms with E-state index in [-0.39, 0.29) is 0 Å². The molecule has 1 aliphatic rings. The fourth-order valence-electron chi connectivity index (χ4n) is 2.25. The van der Waals surface area contributed by atoms with Gasteiger partial charge in [0.2, 0.25) is 0 Å². The number of nitrogens with zero attached hydrogens (tertiary/aromatic N) is 2. The van der Waals surface area contributed by atoms with Crippen molar-refractivity contribution >= 4 is 16.8 Å². The maximum atomic E-state index is 11.8. The molecule has 1 fully saturated rings. The Bertz CT molecular complexity index is 567. The van der Waals surface area contributed by atoms with Gasteiger partial charge < -0.3 is 4.57 Å². The highest BCUT2D eigenvalue weighted by Crippen LogP contribution is 2.32. The molecule has 1 aliphatic carbocycles. The van der Waals surface area contributed by atoms with E-state index < -0.39 is 0 Å². The first-order chi connectivity index (χ1) is 8.24. The van der Waals surface area contributed by atoms with Crippen LogP contribution in [-0.4, -0.2) is 15.3 Å². The van der Waals surface area contributed by atoms with Gasteiger partial charge in [0.25, 0.3) is 0 Å². The van der Waals surface area contributed by atoms with E-state index in [1.807, 2.05) is 35.9 Å². The molecule has 2 aromatic rings. The monoisotopic (exact) mass is 228 g/mol. The summed E-state index contributed by atoms with van der Waals surface area (Å²) >= 11 is 0. The number of hydrogen-bond donors (Lipinski definition) is 0. The predicted molar refractivity (Wildman–Crippen MR) is 66.8 cm³/mol. The van der Waals surface area contributed by atoms with Crippen molar-refractivity contribution in [1.29, 1.82) is 0 Å². The van der Waals surface area contributed by atoms with Gasteiger partial charge in [-0.15, -0.1) is 0 Å². The van der Waals surface area contributed by atoms with Crippen LogP contribution in [0.4, 0.5) is 0 Å². The highest BCUT2D eigenvalue weighted by Gasteiger charge is 2.25. The average molecular weight is 228 g/mol. The predicted octanol–water partition coefficient (Wildman–Crippen LogP) is 2.49. The lowest BCUT2D eigenvalue weighted by atomic mass is 10.1. The van der Waals surface area contributed by atoms with Gasteiger partial charge in [-0.05, 0) is 30.9 Å². The number of aryl methyl sites for hydroxylation is 1. The Labute approximate surface area is 100 Å². The van der Waals surface area contributed by atoms with Crippen LogP contribution in [-0.2, 0) is 18.3 Å². The number of para-hydroxylation sites is 2. The number of Topliss-reactive ketones (excluding diaryl/α,β-unsaturated/α-hetero) is 1. The number of benzene rings is 1. The van der Waals surface area contributed by atoms with Crippen molar-refractivity contribution in [2.24, 2.45) is 13.0 Å². The van der Waals surface area contributed by atoms with E-state index in [1.165, 1.54) is 12.8 Å². The zero-order chi connectivity index (χ0) is 11.8. The van der Waals surface area contributed by atoms with Crippen LogP contribution in [0.25, 0.3) is 11.0 Å². The molecule has 0 spiro atoms. The number of ketones is 1. The molecule has 3 rings (SSSR count). The number of hydrogen-bond acceptors (Lipinski definition) is 2. The smallest absolute Gasteiger partial charge is 0.140 e. The molecule has 0 aliphatic heterocycles. The number of rotatable bonds is 4. The highest BCUT2D eigenvalue weighted by atomic mass is 16.1. The fourth-order valence-corrected chi connectivity index (χ4v) is 2.25. The van der Waals surface area contributed by atoms with Crippen LogP contribution >= 0.6 is 0 Å². The van der Waals surface area contributed by atoms with E-state index in [1.54, 1.807) is 0 Å². The minimum absolute atomic E-state index is 0.325. The zero-order valence-electron chi connectivity index (χ0n) is 10.0. The van der Waals surface area contributed by atoms with Crippen molar-refractivity contribution in [3.63, 3.8) is 0 Å². The first kappa shape index (κ1) is 10.5. The lowest BCUT2D eigenvalue weighted by Crippen LogP contribution is -2.08. The lowest BCUT2D eigenvalue weighted by molar-refractivity contribution is -0.118. The van der Waals surface area contributed by atoms with Gasteiger partial charge in [0.05, 0.1) is 17.5 Å². The van der Waals surface area contributed by atoms with Crippen LogP contribution in [0.3, 0.4) is 0 Å². The van der Waals surface area contributed by atoms with Crippen molar-refractivity contribution in [3.05, 3.63) is 30.1 Å². The molecule has 3 nitrogen and oxygen atoms in total. The largest absolute Gasteiger partial charge is 0.331 e. The molecule has 1 saturated carbocycles. The maximum absolute atomic E-state index is 11.8. The summed E-state index contributed by atoms with van der Waals surface area (Å²) in [7, 11) is 1.98. The van der Waals surface area contributed by atoms with Gasteiger partial charge in [0, 0.05) is 13.5 Å². The molecule has 1 heterocycles. The first-order valence-corrected chi connectivity index (χ1v) is 6.16. The SMILES string of the molecule is Cn1c(CC(=O)CC2CC2)nc2ccccc21. The van der Waals surface area contributed by atoms with Crippen LogP contribution in [0.15, 0.2) is 24.3 Å². The molecule has 3 heteroatoms. The highest BCUT2D eigenvalue weighted by molar-refractivity contribution is 5.82. The van der Waals surface area contributed by atoms with E-state index in [2.05, 4.69) is 4.98 Å². The summed E-state index contributed by atoms with van der Waals surface area (Å²) in [6.07, 6.45) is 3.67. The number of fused-ring (bicyclic) bond motifs is 1. The standard InChI is InChI=1S/C14H16N2O/c1-16-13-5-3-2-4-12(13)15-14(16)9-11(17)8-10-6-7-10/h2-5,10H,6-9H2,1H3. The summed E-state index contributed by atoms with van der Waals surface area (Å²) in [5, 5.41) is 0. The third kappa shape index (κ3) is 2.09. The Morgan fingerprint density at radius 1 is 1.41 bits per heavy atom. The van der Waals surface area contributed by atoms with Gasteiger partial charge in [-0.1, -0.05) is 12.1 Å². The second kappa shape index (κ2) is 3.99. The summed E-state index contributed by atoms with van der Waals surface area (Å²) in [6, 6.07) is 8.01. The molecular formula is C14H16N2O. The molecule has 0 saturated heterocycles. The molecule has 0 N–H and O–H groups in total. The van der Waals surface area contributed by atoms with E-state index in [9.17, 15) is 4.79 Å². The van der Waals surface area contributed by atoms with Gasteiger partial charge in [0.1, 0.15) is 11.6 Å². The Morgan fingerprint density at radius 3 is 2.88 bits per heavy atom. The first-order valence-electron chi connectivity index (χ1n) is 6.16. The Hall–Kier alpha value is -1.64. The molecule has 0 radical (unpaired) electrons. The summed E-state index contributed by atoms with van der Waals surface area (Å²) in [5.41, 5.74) is 2.07. The lowest BCUT2D eigenvalue weighted by Gasteiger charge is -2.01. The number of imidazole rings is 1. The second-order valence-corrected chi connectivity index (χ2v) is 4.94. The molecule has 0 amide bonds. The van der Waals surface area contributed by atoms with E-state index in [4.69, 9.17) is 0 Å². The number of carbonyl (C=O) groups is 1. The van der Waals surface area contributed by atoms with Crippen LogP contribution < -0.4 is 0 Å². The summed E-state index contributed by atoms with van der Waals surface area (Å²) in [5.74, 6) is 1.87. The van der Waals surface area contributed by atoms with Gasteiger partial charge in [-0.3, -0.25) is 4.79 Å². The van der Waals surface area contributed by atoms with Crippen LogP contribution in [0.2, 0.25) is 0 Å². The van der Waals surface area contributed by atoms with Crippen LogP contribution in [0, 0.1) is 5.92 Å². The van der Waals surface area contributed by atoms with E-state index in [0.717, 1.165) is 23.3 Å².